The number of amides is 2. The van der Waals surface area contributed by atoms with Crippen LogP contribution in [0.5, 0.6) is 0 Å². The number of hydrogen-bond donors (Lipinski definition) is 4. The van der Waals surface area contributed by atoms with Crippen molar-refractivity contribution in [2.75, 3.05) is 19.7 Å². The second-order valence-electron chi connectivity index (χ2n) is 4.98. The minimum atomic E-state index is -1.36. The van der Waals surface area contributed by atoms with Gasteiger partial charge in [-0.2, -0.15) is 0 Å². The van der Waals surface area contributed by atoms with Crippen LogP contribution < -0.4 is 10.6 Å². The Hall–Kier alpha value is -1.92. The third-order valence-corrected chi connectivity index (χ3v) is 2.70. The number of aliphatic hydroxyl groups is 2. The van der Waals surface area contributed by atoms with Crippen molar-refractivity contribution in [3.8, 4) is 0 Å². The molecule has 0 bridgehead atoms. The number of rotatable bonds is 6. The predicted molar refractivity (Wildman–Crippen MR) is 74.2 cm³/mol. The first-order valence-electron chi connectivity index (χ1n) is 6.29. The van der Waals surface area contributed by atoms with Gasteiger partial charge in [-0.1, -0.05) is 17.7 Å². The van der Waals surface area contributed by atoms with Gasteiger partial charge in [0.2, 0.25) is 5.91 Å². The maximum Gasteiger partial charge on any atom is 0.251 e. The van der Waals surface area contributed by atoms with Gasteiger partial charge in [0.25, 0.3) is 5.91 Å². The molecule has 0 saturated carbocycles. The molecule has 0 aliphatic heterocycles. The van der Waals surface area contributed by atoms with Crippen LogP contribution >= 0.6 is 0 Å². The summed E-state index contributed by atoms with van der Waals surface area (Å²) < 4.78 is 0. The molecular formula is C14H20N2O4. The molecule has 1 rings (SSSR count). The first-order valence-corrected chi connectivity index (χ1v) is 6.29. The maximum absolute atomic E-state index is 11.8. The van der Waals surface area contributed by atoms with Crippen LogP contribution in [0.3, 0.4) is 0 Å². The van der Waals surface area contributed by atoms with E-state index in [-0.39, 0.29) is 19.0 Å². The highest BCUT2D eigenvalue weighted by Gasteiger charge is 2.19. The summed E-state index contributed by atoms with van der Waals surface area (Å²) in [5.74, 6) is -0.766. The van der Waals surface area contributed by atoms with Gasteiger partial charge < -0.3 is 20.8 Å². The normalized spacial score (nSPS) is 13.4. The minimum Gasteiger partial charge on any atom is -0.393 e. The molecule has 6 heteroatoms. The zero-order valence-electron chi connectivity index (χ0n) is 11.6. The van der Waals surface area contributed by atoms with Gasteiger partial charge in [0.05, 0.1) is 13.2 Å². The van der Waals surface area contributed by atoms with Crippen LogP contribution in [0, 0.1) is 6.92 Å². The molecule has 20 heavy (non-hydrogen) atoms. The van der Waals surface area contributed by atoms with E-state index in [4.69, 9.17) is 5.11 Å². The average Bonchev–Trinajstić information content (AvgIpc) is 2.42. The van der Waals surface area contributed by atoms with Crippen molar-refractivity contribution in [1.29, 1.82) is 0 Å². The number of aryl methyl sites for hydroxylation is 1. The lowest BCUT2D eigenvalue weighted by molar-refractivity contribution is -0.121. The number of aliphatic hydroxyl groups excluding tert-OH is 1. The zero-order valence-corrected chi connectivity index (χ0v) is 11.6. The van der Waals surface area contributed by atoms with E-state index in [1.807, 2.05) is 13.0 Å². The number of nitrogens with one attached hydrogen (secondary N) is 2. The van der Waals surface area contributed by atoms with E-state index in [2.05, 4.69) is 10.6 Å². The lowest BCUT2D eigenvalue weighted by atomic mass is 10.1. The summed E-state index contributed by atoms with van der Waals surface area (Å²) in [7, 11) is 0. The molecule has 1 atom stereocenters. The Kier molecular flexibility index (Phi) is 5.66. The lowest BCUT2D eigenvalue weighted by Gasteiger charge is -2.20. The molecule has 1 aromatic carbocycles. The smallest absolute Gasteiger partial charge is 0.251 e. The summed E-state index contributed by atoms with van der Waals surface area (Å²) in [6.07, 6.45) is 0. The third-order valence-electron chi connectivity index (χ3n) is 2.70. The Morgan fingerprint density at radius 2 is 2.00 bits per heavy atom. The van der Waals surface area contributed by atoms with Gasteiger partial charge in [0.15, 0.2) is 0 Å². The highest BCUT2D eigenvalue weighted by atomic mass is 16.3. The Bertz CT molecular complexity index is 486. The maximum atomic E-state index is 11.8. The van der Waals surface area contributed by atoms with Crippen LogP contribution in [-0.2, 0) is 4.79 Å². The van der Waals surface area contributed by atoms with Crippen molar-refractivity contribution in [1.82, 2.24) is 10.6 Å². The summed E-state index contributed by atoms with van der Waals surface area (Å²) in [6, 6.07) is 7.03. The third kappa shape index (κ3) is 5.38. The predicted octanol–water partition coefficient (Wildman–Crippen LogP) is -0.416. The van der Waals surface area contributed by atoms with Crippen molar-refractivity contribution in [2.45, 2.75) is 19.4 Å². The largest absolute Gasteiger partial charge is 0.393 e. The molecule has 0 aromatic heterocycles. The van der Waals surface area contributed by atoms with Crippen LogP contribution in [0.25, 0.3) is 0 Å². The SMILES string of the molecule is Cc1cccc(C(=O)NCC(=O)NCC(C)(O)CO)c1. The highest BCUT2D eigenvalue weighted by Crippen LogP contribution is 2.03. The molecule has 0 aliphatic rings. The summed E-state index contributed by atoms with van der Waals surface area (Å²) >= 11 is 0. The quantitative estimate of drug-likeness (QED) is 0.569. The van der Waals surface area contributed by atoms with E-state index in [1.165, 1.54) is 6.92 Å². The Morgan fingerprint density at radius 3 is 2.60 bits per heavy atom. The van der Waals surface area contributed by atoms with E-state index in [0.29, 0.717) is 5.56 Å². The molecule has 4 N–H and O–H groups in total. The van der Waals surface area contributed by atoms with Crippen LogP contribution in [0.2, 0.25) is 0 Å². The highest BCUT2D eigenvalue weighted by molar-refractivity contribution is 5.96. The van der Waals surface area contributed by atoms with Gasteiger partial charge in [0, 0.05) is 12.1 Å². The second-order valence-corrected chi connectivity index (χ2v) is 4.98. The van der Waals surface area contributed by atoms with E-state index in [9.17, 15) is 14.7 Å². The van der Waals surface area contributed by atoms with Crippen LogP contribution in [0.4, 0.5) is 0 Å². The van der Waals surface area contributed by atoms with Crippen molar-refractivity contribution < 1.29 is 19.8 Å². The number of carbonyl (C=O) groups excluding carboxylic acids is 2. The minimum absolute atomic E-state index is 0.0807. The van der Waals surface area contributed by atoms with Gasteiger partial charge in [0.1, 0.15) is 5.60 Å². The fourth-order valence-corrected chi connectivity index (χ4v) is 1.46. The van der Waals surface area contributed by atoms with Gasteiger partial charge in [-0.3, -0.25) is 9.59 Å². The summed E-state index contributed by atoms with van der Waals surface area (Å²) in [4.78, 5) is 23.3. The van der Waals surface area contributed by atoms with Crippen LogP contribution in [0.15, 0.2) is 24.3 Å². The van der Waals surface area contributed by atoms with Crippen LogP contribution in [-0.4, -0.2) is 47.3 Å². The molecule has 110 valence electrons. The fourth-order valence-electron chi connectivity index (χ4n) is 1.46. The van der Waals surface area contributed by atoms with Gasteiger partial charge in [-0.05, 0) is 26.0 Å². The fraction of sp³-hybridized carbons (Fsp3) is 0.429. The Morgan fingerprint density at radius 1 is 1.30 bits per heavy atom. The van der Waals surface area contributed by atoms with Crippen molar-refractivity contribution in [3.63, 3.8) is 0 Å². The molecular weight excluding hydrogens is 260 g/mol. The average molecular weight is 280 g/mol. The van der Waals surface area contributed by atoms with Crippen molar-refractivity contribution in [3.05, 3.63) is 35.4 Å². The van der Waals surface area contributed by atoms with Gasteiger partial charge in [-0.15, -0.1) is 0 Å². The molecule has 0 saturated heterocycles. The molecule has 0 heterocycles. The second kappa shape index (κ2) is 7.02. The van der Waals surface area contributed by atoms with Gasteiger partial charge in [-0.25, -0.2) is 0 Å². The zero-order chi connectivity index (χ0) is 15.2. The monoisotopic (exact) mass is 280 g/mol. The first-order chi connectivity index (χ1) is 9.34. The van der Waals surface area contributed by atoms with Crippen molar-refractivity contribution in [2.24, 2.45) is 0 Å². The van der Waals surface area contributed by atoms with E-state index < -0.39 is 18.1 Å². The number of carbonyl (C=O) groups is 2. The first kappa shape index (κ1) is 16.1. The molecule has 0 fully saturated rings. The van der Waals surface area contributed by atoms with Gasteiger partial charge >= 0.3 is 0 Å². The molecule has 0 spiro atoms. The van der Waals surface area contributed by atoms with E-state index in [0.717, 1.165) is 5.56 Å². The Balaban J connectivity index is 2.40. The summed E-state index contributed by atoms with van der Waals surface area (Å²) in [5.41, 5.74) is 0.0807. The van der Waals surface area contributed by atoms with Crippen LogP contribution in [0.1, 0.15) is 22.8 Å². The molecule has 2 amide bonds. The topological polar surface area (TPSA) is 98.7 Å². The van der Waals surface area contributed by atoms with E-state index in [1.54, 1.807) is 18.2 Å². The summed E-state index contributed by atoms with van der Waals surface area (Å²) in [5, 5.41) is 23.2. The lowest BCUT2D eigenvalue weighted by Crippen LogP contribution is -2.46. The molecule has 1 aromatic rings. The number of hydrogen-bond acceptors (Lipinski definition) is 4. The standard InChI is InChI=1S/C14H20N2O4/c1-10-4-3-5-11(6-10)13(19)15-7-12(18)16-8-14(2,20)9-17/h3-6,17,20H,7-9H2,1-2H3,(H,15,19)(H,16,18). The molecule has 1 unspecified atom stereocenters. The molecule has 0 radical (unpaired) electrons. The molecule has 0 aliphatic carbocycles. The number of benzene rings is 1. The van der Waals surface area contributed by atoms with Crippen molar-refractivity contribution >= 4 is 11.8 Å². The van der Waals surface area contributed by atoms with E-state index >= 15 is 0 Å². The molecule has 6 nitrogen and oxygen atoms in total. The summed E-state index contributed by atoms with van der Waals surface area (Å²) in [6.45, 7) is 2.55. The Labute approximate surface area is 117 Å².